The van der Waals surface area contributed by atoms with Gasteiger partial charge in [-0.1, -0.05) is 0 Å². The number of anilines is 2. The Hall–Kier alpha value is -1.61. The minimum absolute atomic E-state index is 0.706. The second-order valence-electron chi connectivity index (χ2n) is 5.06. The normalized spacial score (nSPS) is 13.2. The fourth-order valence-electron chi connectivity index (χ4n) is 2.69. The summed E-state index contributed by atoms with van der Waals surface area (Å²) in [6.45, 7) is 5.04. The molecule has 1 aliphatic rings. The monoisotopic (exact) mass is 375 g/mol. The zero-order chi connectivity index (χ0) is 14.3. The van der Waals surface area contributed by atoms with Gasteiger partial charge in [-0.2, -0.15) is 5.26 Å². The summed E-state index contributed by atoms with van der Waals surface area (Å²) in [5.74, 6) is 1.07. The van der Waals surface area contributed by atoms with Crippen LogP contribution in [0.2, 0.25) is 0 Å². The van der Waals surface area contributed by atoms with Gasteiger partial charge in [0.1, 0.15) is 5.82 Å². The summed E-state index contributed by atoms with van der Waals surface area (Å²) in [6.07, 6.45) is 1.03. The van der Waals surface area contributed by atoms with Crippen molar-refractivity contribution in [2.75, 3.05) is 11.4 Å². The van der Waals surface area contributed by atoms with Gasteiger partial charge in [0.2, 0.25) is 0 Å². The van der Waals surface area contributed by atoms with E-state index in [1.54, 1.807) is 0 Å². The summed E-state index contributed by atoms with van der Waals surface area (Å²) >= 11 is 2.39. The third-order valence-electron chi connectivity index (χ3n) is 3.63. The average molecular weight is 375 g/mol. The van der Waals surface area contributed by atoms with Gasteiger partial charge in [0.05, 0.1) is 11.6 Å². The van der Waals surface area contributed by atoms with Crippen molar-refractivity contribution in [3.63, 3.8) is 0 Å². The number of nitrogens with zero attached hydrogens (tertiary/aromatic N) is 3. The maximum absolute atomic E-state index is 8.97. The first-order chi connectivity index (χ1) is 9.60. The van der Waals surface area contributed by atoms with Crippen LogP contribution in [0.25, 0.3) is 0 Å². The SMILES string of the molecule is Cc1cc(I)c2c(n1)N(c1ccc(C#N)cc1C)CC2. The molecule has 0 aliphatic carbocycles. The van der Waals surface area contributed by atoms with Crippen LogP contribution in [0.15, 0.2) is 24.3 Å². The molecule has 1 aromatic heterocycles. The van der Waals surface area contributed by atoms with Gasteiger partial charge in [-0.3, -0.25) is 0 Å². The van der Waals surface area contributed by atoms with E-state index in [1.165, 1.54) is 9.13 Å². The number of hydrogen-bond acceptors (Lipinski definition) is 3. The van der Waals surface area contributed by atoms with Crippen molar-refractivity contribution >= 4 is 34.1 Å². The lowest BCUT2D eigenvalue weighted by atomic mass is 10.1. The number of hydrogen-bond donors (Lipinski definition) is 0. The van der Waals surface area contributed by atoms with Crippen LogP contribution >= 0.6 is 22.6 Å². The molecule has 3 rings (SSSR count). The third-order valence-corrected chi connectivity index (χ3v) is 4.60. The zero-order valence-corrected chi connectivity index (χ0v) is 13.6. The van der Waals surface area contributed by atoms with E-state index in [1.807, 2.05) is 25.1 Å². The van der Waals surface area contributed by atoms with Crippen molar-refractivity contribution in [2.24, 2.45) is 0 Å². The highest BCUT2D eigenvalue weighted by Crippen LogP contribution is 2.37. The van der Waals surface area contributed by atoms with Gasteiger partial charge in [0.15, 0.2) is 0 Å². The molecule has 0 amide bonds. The Kier molecular flexibility index (Phi) is 3.38. The number of aryl methyl sites for hydroxylation is 2. The number of halogens is 1. The summed E-state index contributed by atoms with van der Waals surface area (Å²) in [6, 6.07) is 10.2. The number of fused-ring (bicyclic) bond motifs is 1. The topological polar surface area (TPSA) is 39.9 Å². The molecule has 0 saturated carbocycles. The van der Waals surface area contributed by atoms with E-state index in [0.29, 0.717) is 5.56 Å². The van der Waals surface area contributed by atoms with Crippen molar-refractivity contribution in [2.45, 2.75) is 20.3 Å². The Labute approximate surface area is 132 Å². The fourth-order valence-corrected chi connectivity index (χ4v) is 3.65. The lowest BCUT2D eigenvalue weighted by molar-refractivity contribution is 0.981. The van der Waals surface area contributed by atoms with E-state index in [2.05, 4.69) is 46.6 Å². The zero-order valence-electron chi connectivity index (χ0n) is 11.4. The van der Waals surface area contributed by atoms with Crippen molar-refractivity contribution in [3.8, 4) is 6.07 Å². The molecule has 0 saturated heterocycles. The van der Waals surface area contributed by atoms with Crippen LogP contribution in [0.3, 0.4) is 0 Å². The molecule has 2 heterocycles. The number of pyridine rings is 1. The highest BCUT2D eigenvalue weighted by molar-refractivity contribution is 14.1. The highest BCUT2D eigenvalue weighted by Gasteiger charge is 2.25. The second kappa shape index (κ2) is 5.06. The molecular weight excluding hydrogens is 361 g/mol. The van der Waals surface area contributed by atoms with E-state index in [9.17, 15) is 0 Å². The number of nitriles is 1. The summed E-state index contributed by atoms with van der Waals surface area (Å²) in [4.78, 5) is 6.98. The molecule has 4 heteroatoms. The first kappa shape index (κ1) is 13.4. The molecule has 3 nitrogen and oxygen atoms in total. The number of aromatic nitrogens is 1. The van der Waals surface area contributed by atoms with Gasteiger partial charge in [-0.05, 0) is 72.7 Å². The molecule has 0 spiro atoms. The van der Waals surface area contributed by atoms with Crippen molar-refractivity contribution < 1.29 is 0 Å². The molecule has 0 radical (unpaired) electrons. The lowest BCUT2D eigenvalue weighted by Crippen LogP contribution is -2.15. The Morgan fingerprint density at radius 3 is 2.80 bits per heavy atom. The van der Waals surface area contributed by atoms with E-state index in [0.717, 1.165) is 35.7 Å². The quantitative estimate of drug-likeness (QED) is 0.711. The van der Waals surface area contributed by atoms with Crippen molar-refractivity contribution in [1.29, 1.82) is 5.26 Å². The van der Waals surface area contributed by atoms with E-state index in [4.69, 9.17) is 10.2 Å². The Bertz CT molecular complexity index is 731. The maximum atomic E-state index is 8.97. The Morgan fingerprint density at radius 1 is 1.30 bits per heavy atom. The van der Waals surface area contributed by atoms with Crippen LogP contribution in [0.5, 0.6) is 0 Å². The maximum Gasteiger partial charge on any atom is 0.137 e. The molecule has 2 aromatic rings. The molecule has 20 heavy (non-hydrogen) atoms. The summed E-state index contributed by atoms with van der Waals surface area (Å²) in [5.41, 5.74) is 5.36. The standard InChI is InChI=1S/C16H14IN3/c1-10-7-12(9-18)3-4-15(10)20-6-5-13-14(17)8-11(2)19-16(13)20/h3-4,7-8H,5-6H2,1-2H3. The molecule has 0 atom stereocenters. The molecule has 0 unspecified atom stereocenters. The summed E-state index contributed by atoms with van der Waals surface area (Å²) in [7, 11) is 0. The molecule has 0 N–H and O–H groups in total. The number of rotatable bonds is 1. The predicted molar refractivity (Wildman–Crippen MR) is 88.3 cm³/mol. The van der Waals surface area contributed by atoms with E-state index >= 15 is 0 Å². The van der Waals surface area contributed by atoms with Crippen LogP contribution in [-0.4, -0.2) is 11.5 Å². The van der Waals surface area contributed by atoms with Gasteiger partial charge < -0.3 is 4.90 Å². The first-order valence-electron chi connectivity index (χ1n) is 6.54. The predicted octanol–water partition coefficient (Wildman–Crippen LogP) is 3.87. The minimum atomic E-state index is 0.706. The minimum Gasteiger partial charge on any atom is -0.326 e. The van der Waals surface area contributed by atoms with Crippen LogP contribution in [-0.2, 0) is 6.42 Å². The van der Waals surface area contributed by atoms with E-state index < -0.39 is 0 Å². The summed E-state index contributed by atoms with van der Waals surface area (Å²) < 4.78 is 1.29. The second-order valence-corrected chi connectivity index (χ2v) is 6.22. The van der Waals surface area contributed by atoms with Crippen molar-refractivity contribution in [1.82, 2.24) is 4.98 Å². The molecule has 0 bridgehead atoms. The van der Waals surface area contributed by atoms with Gasteiger partial charge >= 0.3 is 0 Å². The smallest absolute Gasteiger partial charge is 0.137 e. The summed E-state index contributed by atoms with van der Waals surface area (Å²) in [5, 5.41) is 8.97. The van der Waals surface area contributed by atoms with Crippen LogP contribution in [0.4, 0.5) is 11.5 Å². The van der Waals surface area contributed by atoms with Gasteiger partial charge in [-0.15, -0.1) is 0 Å². The van der Waals surface area contributed by atoms with Gasteiger partial charge in [0.25, 0.3) is 0 Å². The molecule has 1 aromatic carbocycles. The lowest BCUT2D eigenvalue weighted by Gasteiger charge is -2.21. The molecule has 1 aliphatic heterocycles. The molecular formula is C16H14IN3. The van der Waals surface area contributed by atoms with Crippen LogP contribution in [0, 0.1) is 28.7 Å². The third kappa shape index (κ3) is 2.16. The fraction of sp³-hybridized carbons (Fsp3) is 0.250. The number of benzene rings is 1. The average Bonchev–Trinajstić information content (AvgIpc) is 2.82. The highest BCUT2D eigenvalue weighted by atomic mass is 127. The van der Waals surface area contributed by atoms with Gasteiger partial charge in [-0.25, -0.2) is 4.98 Å². The molecule has 100 valence electrons. The first-order valence-corrected chi connectivity index (χ1v) is 7.62. The van der Waals surface area contributed by atoms with Crippen LogP contribution in [0.1, 0.15) is 22.4 Å². The van der Waals surface area contributed by atoms with Crippen LogP contribution < -0.4 is 4.90 Å². The van der Waals surface area contributed by atoms with Crippen molar-refractivity contribution in [3.05, 3.63) is 50.2 Å². The van der Waals surface area contributed by atoms with E-state index in [-0.39, 0.29) is 0 Å². The Morgan fingerprint density at radius 2 is 2.10 bits per heavy atom. The molecule has 0 fully saturated rings. The van der Waals surface area contributed by atoms with Gasteiger partial charge in [0, 0.05) is 27.1 Å². The Balaban J connectivity index is 2.10. The largest absolute Gasteiger partial charge is 0.326 e.